The van der Waals surface area contributed by atoms with Crippen LogP contribution >= 0.6 is 12.2 Å². The number of benzene rings is 1. The van der Waals surface area contributed by atoms with Crippen LogP contribution in [0.2, 0.25) is 0 Å². The Morgan fingerprint density at radius 2 is 2.10 bits per heavy atom. The van der Waals surface area contributed by atoms with E-state index >= 15 is 0 Å². The average Bonchev–Trinajstić information content (AvgIpc) is 2.87. The highest BCUT2D eigenvalue weighted by Gasteiger charge is 2.17. The molecule has 0 aliphatic heterocycles. The lowest BCUT2D eigenvalue weighted by molar-refractivity contribution is 0.577. The zero-order valence-corrected chi connectivity index (χ0v) is 11.8. The van der Waals surface area contributed by atoms with Gasteiger partial charge in [0.15, 0.2) is 10.4 Å². The van der Waals surface area contributed by atoms with E-state index in [2.05, 4.69) is 10.1 Å². The van der Waals surface area contributed by atoms with Crippen molar-refractivity contribution in [1.29, 1.82) is 0 Å². The Labute approximate surface area is 118 Å². The standard InChI is InChI=1S/C13H12F2N4S/c1-3-9-11-12(18(2)17-9)19(13(20)16-11)10-5-4-7(14)6-8(10)15/h4-6H,3H2,1-2H3,(H,16,20). The second kappa shape index (κ2) is 4.52. The van der Waals surface area contributed by atoms with Gasteiger partial charge in [-0.15, -0.1) is 0 Å². The van der Waals surface area contributed by atoms with E-state index in [4.69, 9.17) is 12.2 Å². The number of fused-ring (bicyclic) bond motifs is 1. The fourth-order valence-electron chi connectivity index (χ4n) is 2.35. The molecule has 0 fully saturated rings. The molecule has 2 aromatic heterocycles. The van der Waals surface area contributed by atoms with E-state index in [1.165, 1.54) is 16.7 Å². The molecule has 20 heavy (non-hydrogen) atoms. The van der Waals surface area contributed by atoms with Gasteiger partial charge in [0.25, 0.3) is 0 Å². The van der Waals surface area contributed by atoms with Crippen molar-refractivity contribution >= 4 is 23.4 Å². The maximum absolute atomic E-state index is 14.0. The lowest BCUT2D eigenvalue weighted by Crippen LogP contribution is -2.03. The molecule has 0 unspecified atom stereocenters. The molecule has 0 bridgehead atoms. The third-order valence-corrected chi connectivity index (χ3v) is 3.51. The first kappa shape index (κ1) is 13.0. The second-order valence-corrected chi connectivity index (χ2v) is 4.87. The molecule has 4 nitrogen and oxygen atoms in total. The van der Waals surface area contributed by atoms with Crippen LogP contribution in [0.1, 0.15) is 12.6 Å². The van der Waals surface area contributed by atoms with E-state index < -0.39 is 11.6 Å². The van der Waals surface area contributed by atoms with Gasteiger partial charge in [-0.25, -0.2) is 13.5 Å². The molecule has 104 valence electrons. The summed E-state index contributed by atoms with van der Waals surface area (Å²) in [5, 5.41) is 4.36. The minimum absolute atomic E-state index is 0.202. The van der Waals surface area contributed by atoms with E-state index in [0.29, 0.717) is 10.4 Å². The van der Waals surface area contributed by atoms with Gasteiger partial charge in [-0.1, -0.05) is 6.92 Å². The van der Waals surface area contributed by atoms with Crippen LogP contribution in [-0.4, -0.2) is 19.3 Å². The molecule has 1 aromatic carbocycles. The number of aromatic amines is 1. The van der Waals surface area contributed by atoms with Gasteiger partial charge in [0.2, 0.25) is 0 Å². The predicted octanol–water partition coefficient (Wildman–Crippen LogP) is 3.26. The molecule has 0 aliphatic rings. The van der Waals surface area contributed by atoms with Crippen molar-refractivity contribution in [3.05, 3.63) is 40.3 Å². The van der Waals surface area contributed by atoms with Crippen LogP contribution < -0.4 is 0 Å². The molecule has 2 heterocycles. The van der Waals surface area contributed by atoms with Gasteiger partial charge in [-0.2, -0.15) is 5.10 Å². The van der Waals surface area contributed by atoms with Crippen LogP contribution in [0.15, 0.2) is 18.2 Å². The van der Waals surface area contributed by atoms with Gasteiger partial charge >= 0.3 is 0 Å². The SMILES string of the molecule is CCc1nn(C)c2c1[nH]c(=S)n2-c1ccc(F)cc1F. The van der Waals surface area contributed by atoms with E-state index in [1.54, 1.807) is 11.7 Å². The van der Waals surface area contributed by atoms with Gasteiger partial charge < -0.3 is 4.98 Å². The first-order valence-corrected chi connectivity index (χ1v) is 6.55. The molecule has 3 rings (SSSR count). The predicted molar refractivity (Wildman–Crippen MR) is 74.5 cm³/mol. The third-order valence-electron chi connectivity index (χ3n) is 3.22. The minimum Gasteiger partial charge on any atom is -0.327 e. The Balaban J connectivity index is 2.39. The Morgan fingerprint density at radius 3 is 2.75 bits per heavy atom. The van der Waals surface area contributed by atoms with Crippen LogP contribution in [0, 0.1) is 16.4 Å². The van der Waals surface area contributed by atoms with Crippen molar-refractivity contribution in [1.82, 2.24) is 19.3 Å². The summed E-state index contributed by atoms with van der Waals surface area (Å²) in [4.78, 5) is 3.04. The van der Waals surface area contributed by atoms with Gasteiger partial charge in [0.05, 0.1) is 11.4 Å². The minimum atomic E-state index is -0.666. The molecule has 0 radical (unpaired) electrons. The van der Waals surface area contributed by atoms with Crippen LogP contribution in [0.5, 0.6) is 0 Å². The van der Waals surface area contributed by atoms with Crippen LogP contribution in [0.25, 0.3) is 16.9 Å². The summed E-state index contributed by atoms with van der Waals surface area (Å²) in [5.74, 6) is -1.29. The number of hydrogen-bond donors (Lipinski definition) is 1. The normalized spacial score (nSPS) is 11.4. The second-order valence-electron chi connectivity index (χ2n) is 4.48. The number of hydrogen-bond acceptors (Lipinski definition) is 2. The van der Waals surface area contributed by atoms with Gasteiger partial charge in [-0.05, 0) is 30.8 Å². The average molecular weight is 294 g/mol. The van der Waals surface area contributed by atoms with Gasteiger partial charge in [0, 0.05) is 13.1 Å². The molecule has 0 saturated heterocycles. The number of imidazole rings is 1. The Morgan fingerprint density at radius 1 is 1.35 bits per heavy atom. The summed E-state index contributed by atoms with van der Waals surface area (Å²) in [5.41, 5.74) is 2.50. The highest BCUT2D eigenvalue weighted by atomic mass is 32.1. The van der Waals surface area contributed by atoms with E-state index in [9.17, 15) is 8.78 Å². The number of H-pyrrole nitrogens is 1. The van der Waals surface area contributed by atoms with Crippen molar-refractivity contribution in [2.75, 3.05) is 0 Å². The molecule has 0 aliphatic carbocycles. The largest absolute Gasteiger partial charge is 0.327 e. The number of nitrogens with zero attached hydrogens (tertiary/aromatic N) is 3. The maximum Gasteiger partial charge on any atom is 0.184 e. The molecular weight excluding hydrogens is 282 g/mol. The molecule has 0 amide bonds. The molecule has 7 heteroatoms. The van der Waals surface area contributed by atoms with Crippen molar-refractivity contribution in [3.8, 4) is 5.69 Å². The number of aryl methyl sites for hydroxylation is 2. The highest BCUT2D eigenvalue weighted by Crippen LogP contribution is 2.24. The van der Waals surface area contributed by atoms with Crippen LogP contribution in [0.3, 0.4) is 0 Å². The number of nitrogens with one attached hydrogen (secondary N) is 1. The first-order valence-electron chi connectivity index (χ1n) is 6.15. The van der Waals surface area contributed by atoms with Crippen LogP contribution in [-0.2, 0) is 13.5 Å². The summed E-state index contributed by atoms with van der Waals surface area (Å²) in [6.07, 6.45) is 0.735. The lowest BCUT2D eigenvalue weighted by Gasteiger charge is -2.06. The van der Waals surface area contributed by atoms with Crippen molar-refractivity contribution in [2.24, 2.45) is 7.05 Å². The molecule has 0 spiro atoms. The quantitative estimate of drug-likeness (QED) is 0.737. The first-order chi connectivity index (χ1) is 9.52. The third kappa shape index (κ3) is 1.77. The molecule has 0 saturated carbocycles. The topological polar surface area (TPSA) is 38.5 Å². The summed E-state index contributed by atoms with van der Waals surface area (Å²) < 4.78 is 30.6. The Bertz CT molecular complexity index is 859. The molecular formula is C13H12F2N4S. The van der Waals surface area contributed by atoms with E-state index in [1.807, 2.05) is 6.92 Å². The fourth-order valence-corrected chi connectivity index (χ4v) is 2.63. The summed E-state index contributed by atoms with van der Waals surface area (Å²) in [6.45, 7) is 1.98. The molecule has 3 aromatic rings. The monoisotopic (exact) mass is 294 g/mol. The van der Waals surface area contributed by atoms with Crippen LogP contribution in [0.4, 0.5) is 8.78 Å². The summed E-state index contributed by atoms with van der Waals surface area (Å²) in [6, 6.07) is 3.41. The number of rotatable bonds is 2. The Kier molecular flexibility index (Phi) is 2.93. The highest BCUT2D eigenvalue weighted by molar-refractivity contribution is 7.71. The zero-order valence-electron chi connectivity index (χ0n) is 10.9. The van der Waals surface area contributed by atoms with Gasteiger partial charge in [-0.3, -0.25) is 4.57 Å². The van der Waals surface area contributed by atoms with Crippen molar-refractivity contribution < 1.29 is 8.78 Å². The Hall–Kier alpha value is -2.02. The smallest absolute Gasteiger partial charge is 0.184 e. The molecule has 0 atom stereocenters. The maximum atomic E-state index is 14.0. The van der Waals surface area contributed by atoms with Crippen molar-refractivity contribution in [2.45, 2.75) is 13.3 Å². The summed E-state index contributed by atoms with van der Waals surface area (Å²) >= 11 is 5.25. The number of halogens is 2. The molecule has 1 N–H and O–H groups in total. The lowest BCUT2D eigenvalue weighted by atomic mass is 10.3. The fraction of sp³-hybridized carbons (Fsp3) is 0.231. The number of aromatic nitrogens is 4. The summed E-state index contributed by atoms with van der Waals surface area (Å²) in [7, 11) is 1.77. The van der Waals surface area contributed by atoms with E-state index in [-0.39, 0.29) is 5.69 Å². The van der Waals surface area contributed by atoms with Gasteiger partial charge in [0.1, 0.15) is 17.2 Å². The van der Waals surface area contributed by atoms with E-state index in [0.717, 1.165) is 23.7 Å². The zero-order chi connectivity index (χ0) is 14.4. The van der Waals surface area contributed by atoms with Crippen molar-refractivity contribution in [3.63, 3.8) is 0 Å².